The quantitative estimate of drug-likeness (QED) is 0.746. The number of hydrogen-bond acceptors (Lipinski definition) is 4. The van der Waals surface area contributed by atoms with E-state index in [1.54, 1.807) is 0 Å². The highest BCUT2D eigenvalue weighted by Gasteiger charge is 2.30. The van der Waals surface area contributed by atoms with Crippen molar-refractivity contribution in [3.05, 3.63) is 71.8 Å². The number of rotatable bonds is 8. The molecule has 1 aliphatic heterocycles. The molecule has 5 heteroatoms. The first-order chi connectivity index (χ1) is 14.1. The molecule has 5 nitrogen and oxygen atoms in total. The summed E-state index contributed by atoms with van der Waals surface area (Å²) in [5.74, 6) is -0.195. The highest BCUT2D eigenvalue weighted by molar-refractivity contribution is 5.79. The maximum absolute atomic E-state index is 13.5. The minimum Gasteiger partial charge on any atom is -0.379 e. The molecule has 1 saturated heterocycles. The van der Waals surface area contributed by atoms with E-state index in [1.165, 1.54) is 0 Å². The van der Waals surface area contributed by atoms with E-state index in [0.717, 1.165) is 44.0 Å². The van der Waals surface area contributed by atoms with E-state index < -0.39 is 0 Å². The van der Waals surface area contributed by atoms with Crippen molar-refractivity contribution >= 4 is 5.91 Å². The predicted octanol–water partition coefficient (Wildman–Crippen LogP) is 3.07. The number of nitrogens with two attached hydrogens (primary N) is 1. The van der Waals surface area contributed by atoms with Gasteiger partial charge in [0.2, 0.25) is 5.91 Å². The Morgan fingerprint density at radius 2 is 1.62 bits per heavy atom. The van der Waals surface area contributed by atoms with Crippen molar-refractivity contribution in [2.45, 2.75) is 32.5 Å². The maximum Gasteiger partial charge on any atom is 0.227 e. The van der Waals surface area contributed by atoms with E-state index in [4.69, 9.17) is 10.5 Å². The normalized spacial score (nSPS) is 18.0. The van der Waals surface area contributed by atoms with Gasteiger partial charge in [-0.1, -0.05) is 67.6 Å². The summed E-state index contributed by atoms with van der Waals surface area (Å²) in [4.78, 5) is 17.9. The summed E-state index contributed by atoms with van der Waals surface area (Å²) in [7, 11) is 0. The maximum atomic E-state index is 13.5. The number of carbonyl (C=O) groups excluding carboxylic acids is 1. The van der Waals surface area contributed by atoms with Gasteiger partial charge in [0.1, 0.15) is 0 Å². The topological polar surface area (TPSA) is 58.8 Å². The van der Waals surface area contributed by atoms with E-state index in [9.17, 15) is 4.79 Å². The number of amides is 1. The number of ether oxygens (including phenoxy) is 1. The Balaban J connectivity index is 1.76. The smallest absolute Gasteiger partial charge is 0.227 e. The number of morpholine rings is 1. The second-order valence-electron chi connectivity index (χ2n) is 7.94. The van der Waals surface area contributed by atoms with Gasteiger partial charge < -0.3 is 15.4 Å². The van der Waals surface area contributed by atoms with Crippen molar-refractivity contribution < 1.29 is 9.53 Å². The molecule has 0 saturated carbocycles. The lowest BCUT2D eigenvalue weighted by Gasteiger charge is -2.37. The lowest BCUT2D eigenvalue weighted by Crippen LogP contribution is -2.50. The molecule has 3 atom stereocenters. The highest BCUT2D eigenvalue weighted by Crippen LogP contribution is 2.23. The Bertz CT molecular complexity index is 747. The first kappa shape index (κ1) is 21.5. The van der Waals surface area contributed by atoms with E-state index in [-0.39, 0.29) is 23.9 Å². The fourth-order valence-corrected chi connectivity index (χ4v) is 3.87. The Labute approximate surface area is 174 Å². The Hall–Kier alpha value is -2.21. The van der Waals surface area contributed by atoms with Gasteiger partial charge in [0.15, 0.2) is 0 Å². The molecule has 29 heavy (non-hydrogen) atoms. The van der Waals surface area contributed by atoms with E-state index >= 15 is 0 Å². The number of carbonyl (C=O) groups is 1. The number of hydrogen-bond donors (Lipinski definition) is 1. The van der Waals surface area contributed by atoms with Crippen LogP contribution in [0.25, 0.3) is 0 Å². The zero-order valence-corrected chi connectivity index (χ0v) is 17.5. The van der Waals surface area contributed by atoms with Gasteiger partial charge in [-0.3, -0.25) is 9.69 Å². The average molecular weight is 396 g/mol. The Morgan fingerprint density at radius 1 is 1.03 bits per heavy atom. The van der Waals surface area contributed by atoms with Crippen LogP contribution < -0.4 is 5.73 Å². The number of benzene rings is 2. The summed E-state index contributed by atoms with van der Waals surface area (Å²) in [6.07, 6.45) is 0. The molecule has 1 heterocycles. The lowest BCUT2D eigenvalue weighted by atomic mass is 9.93. The summed E-state index contributed by atoms with van der Waals surface area (Å²) < 4.78 is 5.46. The van der Waals surface area contributed by atoms with Gasteiger partial charge in [0.25, 0.3) is 0 Å². The van der Waals surface area contributed by atoms with Gasteiger partial charge in [-0.2, -0.15) is 0 Å². The average Bonchev–Trinajstić information content (AvgIpc) is 2.78. The lowest BCUT2D eigenvalue weighted by molar-refractivity contribution is -0.139. The molecule has 1 amide bonds. The van der Waals surface area contributed by atoms with Crippen molar-refractivity contribution in [2.75, 3.05) is 32.8 Å². The Kier molecular flexibility index (Phi) is 7.81. The van der Waals surface area contributed by atoms with Crippen molar-refractivity contribution in [1.82, 2.24) is 9.80 Å². The zero-order chi connectivity index (χ0) is 20.6. The van der Waals surface area contributed by atoms with Gasteiger partial charge in [-0.15, -0.1) is 0 Å². The van der Waals surface area contributed by atoms with Crippen LogP contribution in [0.4, 0.5) is 0 Å². The van der Waals surface area contributed by atoms with Crippen molar-refractivity contribution in [1.29, 1.82) is 0 Å². The van der Waals surface area contributed by atoms with E-state index in [0.29, 0.717) is 6.54 Å². The van der Waals surface area contributed by atoms with Gasteiger partial charge in [-0.25, -0.2) is 0 Å². The van der Waals surface area contributed by atoms with Crippen LogP contribution in [0, 0.1) is 5.92 Å². The molecule has 156 valence electrons. The van der Waals surface area contributed by atoms with Crippen LogP contribution in [0.2, 0.25) is 0 Å². The molecule has 0 aliphatic carbocycles. The molecule has 1 aliphatic rings. The van der Waals surface area contributed by atoms with E-state index in [1.807, 2.05) is 60.4 Å². The minimum absolute atomic E-state index is 0.0891. The van der Waals surface area contributed by atoms with Crippen LogP contribution in [0.1, 0.15) is 31.0 Å². The minimum atomic E-state index is -0.322. The SMILES string of the molecule is CC(C(=O)N(Cc1ccccc1)C(C)CN1CCOCC1)C(N)c1ccccc1. The van der Waals surface area contributed by atoms with Gasteiger partial charge in [0, 0.05) is 38.3 Å². The summed E-state index contributed by atoms with van der Waals surface area (Å²) in [5, 5.41) is 0. The molecule has 0 spiro atoms. The first-order valence-electron chi connectivity index (χ1n) is 10.5. The molecule has 3 rings (SSSR count). The summed E-state index contributed by atoms with van der Waals surface area (Å²) in [6, 6.07) is 19.8. The third-order valence-corrected chi connectivity index (χ3v) is 5.75. The van der Waals surface area contributed by atoms with Crippen molar-refractivity contribution in [3.8, 4) is 0 Å². The molecule has 0 bridgehead atoms. The second-order valence-corrected chi connectivity index (χ2v) is 7.94. The molecule has 0 radical (unpaired) electrons. The monoisotopic (exact) mass is 395 g/mol. The summed E-state index contributed by atoms with van der Waals surface area (Å²) >= 11 is 0. The molecule has 0 aromatic heterocycles. The molecular formula is C24H33N3O2. The van der Waals surface area contributed by atoms with Crippen LogP contribution >= 0.6 is 0 Å². The van der Waals surface area contributed by atoms with E-state index in [2.05, 4.69) is 24.0 Å². The fourth-order valence-electron chi connectivity index (χ4n) is 3.87. The standard InChI is InChI=1S/C24H33N3O2/c1-19(17-26-13-15-29-16-14-26)27(18-21-9-5-3-6-10-21)24(28)20(2)23(25)22-11-7-4-8-12-22/h3-12,19-20,23H,13-18,25H2,1-2H3. The largest absolute Gasteiger partial charge is 0.379 e. The highest BCUT2D eigenvalue weighted by atomic mass is 16.5. The molecule has 2 aromatic carbocycles. The number of nitrogens with zero attached hydrogens (tertiary/aromatic N) is 2. The van der Waals surface area contributed by atoms with Gasteiger partial charge in [0.05, 0.1) is 19.1 Å². The van der Waals surface area contributed by atoms with Crippen LogP contribution in [0.3, 0.4) is 0 Å². The van der Waals surface area contributed by atoms with Crippen LogP contribution in [0.15, 0.2) is 60.7 Å². The molecule has 1 fully saturated rings. The molecule has 2 N–H and O–H groups in total. The predicted molar refractivity (Wildman–Crippen MR) is 116 cm³/mol. The van der Waals surface area contributed by atoms with Crippen molar-refractivity contribution in [3.63, 3.8) is 0 Å². The molecule has 2 aromatic rings. The molecular weight excluding hydrogens is 362 g/mol. The van der Waals surface area contributed by atoms with Gasteiger partial charge >= 0.3 is 0 Å². The third kappa shape index (κ3) is 5.89. The van der Waals surface area contributed by atoms with Crippen LogP contribution in [0.5, 0.6) is 0 Å². The third-order valence-electron chi connectivity index (χ3n) is 5.75. The van der Waals surface area contributed by atoms with Crippen LogP contribution in [-0.2, 0) is 16.1 Å². The second kappa shape index (κ2) is 10.5. The van der Waals surface area contributed by atoms with Gasteiger partial charge in [-0.05, 0) is 18.1 Å². The Morgan fingerprint density at radius 3 is 2.24 bits per heavy atom. The first-order valence-corrected chi connectivity index (χ1v) is 10.5. The molecule has 3 unspecified atom stereocenters. The zero-order valence-electron chi connectivity index (χ0n) is 17.5. The fraction of sp³-hybridized carbons (Fsp3) is 0.458. The summed E-state index contributed by atoms with van der Waals surface area (Å²) in [5.41, 5.74) is 8.61. The van der Waals surface area contributed by atoms with Crippen molar-refractivity contribution in [2.24, 2.45) is 11.7 Å². The summed E-state index contributed by atoms with van der Waals surface area (Å²) in [6.45, 7) is 8.86. The van der Waals surface area contributed by atoms with Crippen LogP contribution in [-0.4, -0.2) is 54.6 Å².